The summed E-state index contributed by atoms with van der Waals surface area (Å²) < 4.78 is 3.32. The summed E-state index contributed by atoms with van der Waals surface area (Å²) in [5, 5.41) is 4.40. The smallest absolute Gasteiger partial charge is 0.346 e. The fourth-order valence-electron chi connectivity index (χ4n) is 2.42. The highest BCUT2D eigenvalue weighted by Gasteiger charge is 2.16. The van der Waals surface area contributed by atoms with E-state index in [0.717, 1.165) is 37.2 Å². The molecule has 0 amide bonds. The van der Waals surface area contributed by atoms with Crippen LogP contribution in [0.5, 0.6) is 0 Å². The molecule has 0 radical (unpaired) electrons. The highest BCUT2D eigenvalue weighted by molar-refractivity contribution is 5.40. The molecule has 0 spiro atoms. The lowest BCUT2D eigenvalue weighted by atomic mass is 10.2. The molecule has 1 aromatic heterocycles. The minimum Gasteiger partial charge on any atom is -0.399 e. The van der Waals surface area contributed by atoms with E-state index in [1.165, 1.54) is 4.68 Å². The van der Waals surface area contributed by atoms with Crippen molar-refractivity contribution >= 4 is 5.69 Å². The van der Waals surface area contributed by atoms with Gasteiger partial charge in [0.1, 0.15) is 5.82 Å². The average molecular weight is 244 g/mol. The molecule has 5 nitrogen and oxygen atoms in total. The van der Waals surface area contributed by atoms with E-state index in [2.05, 4.69) is 5.10 Å². The lowest BCUT2D eigenvalue weighted by molar-refractivity contribution is 0.511. The summed E-state index contributed by atoms with van der Waals surface area (Å²) in [5.74, 6) is 0.912. The molecular weight excluding hydrogens is 228 g/mol. The Kier molecular flexibility index (Phi) is 2.66. The second-order valence-corrected chi connectivity index (χ2v) is 4.71. The third kappa shape index (κ3) is 1.92. The van der Waals surface area contributed by atoms with Crippen LogP contribution in [0.25, 0.3) is 0 Å². The van der Waals surface area contributed by atoms with Gasteiger partial charge in [-0.2, -0.15) is 5.10 Å². The van der Waals surface area contributed by atoms with Crippen molar-refractivity contribution in [1.82, 2.24) is 14.3 Å². The van der Waals surface area contributed by atoms with E-state index in [4.69, 9.17) is 5.73 Å². The van der Waals surface area contributed by atoms with Crippen molar-refractivity contribution in [1.29, 1.82) is 0 Å². The van der Waals surface area contributed by atoms with Crippen molar-refractivity contribution in [3.8, 4) is 0 Å². The van der Waals surface area contributed by atoms with Gasteiger partial charge in [0.15, 0.2) is 0 Å². The molecule has 1 aromatic carbocycles. The van der Waals surface area contributed by atoms with Gasteiger partial charge in [0.25, 0.3) is 0 Å². The van der Waals surface area contributed by atoms with Gasteiger partial charge in [-0.15, -0.1) is 0 Å². The number of anilines is 1. The van der Waals surface area contributed by atoms with Crippen molar-refractivity contribution < 1.29 is 0 Å². The predicted molar refractivity (Wildman–Crippen MR) is 69.4 cm³/mol. The molecular formula is C13H16N4O. The Hall–Kier alpha value is -2.04. The fraction of sp³-hybridized carbons (Fsp3) is 0.385. The van der Waals surface area contributed by atoms with Crippen molar-refractivity contribution in [3.63, 3.8) is 0 Å². The molecule has 0 fully saturated rings. The summed E-state index contributed by atoms with van der Waals surface area (Å²) in [5.41, 5.74) is 7.45. The van der Waals surface area contributed by atoms with Gasteiger partial charge < -0.3 is 5.73 Å². The number of nitrogens with two attached hydrogens (primary N) is 1. The maximum Gasteiger partial charge on any atom is 0.346 e. The Morgan fingerprint density at radius 1 is 1.33 bits per heavy atom. The molecule has 0 bridgehead atoms. The number of hydrogen-bond acceptors (Lipinski definition) is 3. The molecule has 1 aliphatic rings. The second-order valence-electron chi connectivity index (χ2n) is 4.71. The highest BCUT2D eigenvalue weighted by Crippen LogP contribution is 2.11. The lowest BCUT2D eigenvalue weighted by Crippen LogP contribution is -2.27. The van der Waals surface area contributed by atoms with E-state index in [9.17, 15) is 4.79 Å². The molecule has 2 N–H and O–H groups in total. The number of nitrogen functional groups attached to an aromatic ring is 1. The predicted octanol–water partition coefficient (Wildman–Crippen LogP) is 1.01. The Balaban J connectivity index is 1.94. The molecule has 3 rings (SSSR count). The molecule has 2 aromatic rings. The van der Waals surface area contributed by atoms with E-state index in [-0.39, 0.29) is 5.69 Å². The molecule has 0 unspecified atom stereocenters. The second kappa shape index (κ2) is 4.33. The number of hydrogen-bond donors (Lipinski definition) is 1. The van der Waals surface area contributed by atoms with Gasteiger partial charge in [-0.1, -0.05) is 12.1 Å². The topological polar surface area (TPSA) is 65.8 Å². The summed E-state index contributed by atoms with van der Waals surface area (Å²) in [6.45, 7) is 1.29. The van der Waals surface area contributed by atoms with E-state index in [0.29, 0.717) is 12.2 Å². The lowest BCUT2D eigenvalue weighted by Gasteiger charge is -2.09. The summed E-state index contributed by atoms with van der Waals surface area (Å²) >= 11 is 0. The summed E-state index contributed by atoms with van der Waals surface area (Å²) in [6, 6.07) is 7.57. The Morgan fingerprint density at radius 3 is 3.00 bits per heavy atom. The largest absolute Gasteiger partial charge is 0.399 e. The van der Waals surface area contributed by atoms with Crippen LogP contribution in [-0.4, -0.2) is 14.3 Å². The van der Waals surface area contributed by atoms with Crippen LogP contribution < -0.4 is 11.4 Å². The van der Waals surface area contributed by atoms with E-state index < -0.39 is 0 Å². The average Bonchev–Trinajstić information content (AvgIpc) is 2.67. The summed E-state index contributed by atoms with van der Waals surface area (Å²) in [6.07, 6.45) is 3.09. The fourth-order valence-corrected chi connectivity index (χ4v) is 2.42. The maximum atomic E-state index is 12.1. The molecule has 18 heavy (non-hydrogen) atoms. The normalized spacial score (nSPS) is 14.4. The van der Waals surface area contributed by atoms with Crippen molar-refractivity contribution in [2.75, 3.05) is 5.73 Å². The van der Waals surface area contributed by atoms with Crippen LogP contribution in [0.2, 0.25) is 0 Å². The standard InChI is InChI=1S/C13H16N4O/c14-11-5-3-4-10(8-11)9-17-13(18)16-7-2-1-6-12(16)15-17/h3-5,8H,1-2,6-7,9,14H2. The van der Waals surface area contributed by atoms with E-state index in [1.54, 1.807) is 4.57 Å². The highest BCUT2D eigenvalue weighted by atomic mass is 16.2. The van der Waals surface area contributed by atoms with Gasteiger partial charge in [0, 0.05) is 18.7 Å². The summed E-state index contributed by atoms with van der Waals surface area (Å²) in [7, 11) is 0. The Morgan fingerprint density at radius 2 is 2.22 bits per heavy atom. The van der Waals surface area contributed by atoms with Gasteiger partial charge in [0.05, 0.1) is 6.54 Å². The van der Waals surface area contributed by atoms with Gasteiger partial charge in [-0.05, 0) is 30.5 Å². The number of fused-ring (bicyclic) bond motifs is 1. The van der Waals surface area contributed by atoms with Crippen LogP contribution in [0, 0.1) is 0 Å². The first kappa shape index (κ1) is 11.1. The first-order valence-corrected chi connectivity index (χ1v) is 6.25. The zero-order valence-electron chi connectivity index (χ0n) is 10.2. The number of aromatic nitrogens is 3. The van der Waals surface area contributed by atoms with E-state index in [1.807, 2.05) is 24.3 Å². The molecule has 0 aliphatic carbocycles. The first-order valence-electron chi connectivity index (χ1n) is 6.25. The third-order valence-corrected chi connectivity index (χ3v) is 3.31. The first-order chi connectivity index (χ1) is 8.74. The van der Waals surface area contributed by atoms with Crippen LogP contribution in [0.4, 0.5) is 5.69 Å². The Bertz CT molecular complexity index is 626. The van der Waals surface area contributed by atoms with Gasteiger partial charge >= 0.3 is 5.69 Å². The van der Waals surface area contributed by atoms with Gasteiger partial charge in [0.2, 0.25) is 0 Å². The van der Waals surface area contributed by atoms with Gasteiger partial charge in [-0.25, -0.2) is 9.48 Å². The number of aryl methyl sites for hydroxylation is 1. The van der Waals surface area contributed by atoms with Crippen LogP contribution in [0.3, 0.4) is 0 Å². The van der Waals surface area contributed by atoms with Crippen LogP contribution in [0.1, 0.15) is 24.2 Å². The van der Waals surface area contributed by atoms with Crippen molar-refractivity contribution in [2.24, 2.45) is 0 Å². The molecule has 5 heteroatoms. The quantitative estimate of drug-likeness (QED) is 0.802. The molecule has 0 saturated heterocycles. The Labute approximate surface area is 105 Å². The van der Waals surface area contributed by atoms with Crippen LogP contribution in [-0.2, 0) is 19.5 Å². The molecule has 94 valence electrons. The minimum absolute atomic E-state index is 0.00729. The van der Waals surface area contributed by atoms with Gasteiger partial charge in [-0.3, -0.25) is 4.57 Å². The van der Waals surface area contributed by atoms with Crippen LogP contribution in [0.15, 0.2) is 29.1 Å². The maximum absolute atomic E-state index is 12.1. The zero-order valence-corrected chi connectivity index (χ0v) is 10.2. The molecule has 1 aliphatic heterocycles. The number of rotatable bonds is 2. The minimum atomic E-state index is -0.00729. The van der Waals surface area contributed by atoms with E-state index >= 15 is 0 Å². The van der Waals surface area contributed by atoms with Crippen LogP contribution >= 0.6 is 0 Å². The molecule has 2 heterocycles. The monoisotopic (exact) mass is 244 g/mol. The van der Waals surface area contributed by atoms with Crippen molar-refractivity contribution in [2.45, 2.75) is 32.4 Å². The zero-order chi connectivity index (χ0) is 12.5. The SMILES string of the molecule is Nc1cccc(Cn2nc3n(c2=O)CCCC3)c1. The summed E-state index contributed by atoms with van der Waals surface area (Å²) in [4.78, 5) is 12.1. The number of nitrogens with zero attached hydrogens (tertiary/aromatic N) is 3. The molecule has 0 saturated carbocycles. The number of benzene rings is 1. The molecule has 0 atom stereocenters. The van der Waals surface area contributed by atoms with Crippen molar-refractivity contribution in [3.05, 3.63) is 46.1 Å². The third-order valence-electron chi connectivity index (χ3n) is 3.31.